The molecule has 2 rings (SSSR count). The highest BCUT2D eigenvalue weighted by molar-refractivity contribution is 5.66. The molecule has 4 heteroatoms. The maximum absolute atomic E-state index is 5.88. The number of benzene rings is 1. The molecule has 0 aliphatic carbocycles. The zero-order valence-corrected chi connectivity index (χ0v) is 9.45. The predicted octanol–water partition coefficient (Wildman–Crippen LogP) is 2.49. The monoisotopic (exact) mass is 217 g/mol. The summed E-state index contributed by atoms with van der Waals surface area (Å²) in [5, 5.41) is 7.12. The highest BCUT2D eigenvalue weighted by Crippen LogP contribution is 2.20. The number of aryl methyl sites for hydroxylation is 2. The van der Waals surface area contributed by atoms with Crippen LogP contribution in [0.1, 0.15) is 17.0 Å². The first-order valence-electron chi connectivity index (χ1n) is 5.17. The second kappa shape index (κ2) is 4.26. The van der Waals surface area contributed by atoms with Gasteiger partial charge in [-0.25, -0.2) is 0 Å². The van der Waals surface area contributed by atoms with E-state index >= 15 is 0 Å². The van der Waals surface area contributed by atoms with E-state index in [1.165, 1.54) is 0 Å². The van der Waals surface area contributed by atoms with Crippen LogP contribution in [0.2, 0.25) is 0 Å². The standard InChI is InChI=1S/C12H15N3O/c1-8-3-4-12(11(13)5-8)14-7-10-6-9(2)16-15-10/h3-6,14H,7,13H2,1-2H3. The molecule has 16 heavy (non-hydrogen) atoms. The van der Waals surface area contributed by atoms with E-state index in [1.54, 1.807) is 0 Å². The zero-order chi connectivity index (χ0) is 11.5. The average molecular weight is 217 g/mol. The van der Waals surface area contributed by atoms with Crippen molar-refractivity contribution >= 4 is 11.4 Å². The minimum Gasteiger partial charge on any atom is -0.397 e. The molecule has 0 amide bonds. The van der Waals surface area contributed by atoms with E-state index in [0.29, 0.717) is 6.54 Å². The lowest BCUT2D eigenvalue weighted by atomic mass is 10.2. The topological polar surface area (TPSA) is 64.1 Å². The number of nitrogens with two attached hydrogens (primary N) is 1. The Morgan fingerprint density at radius 1 is 1.31 bits per heavy atom. The second-order valence-corrected chi connectivity index (χ2v) is 3.87. The Bertz CT molecular complexity index is 491. The van der Waals surface area contributed by atoms with Gasteiger partial charge in [0.25, 0.3) is 0 Å². The predicted molar refractivity (Wildman–Crippen MR) is 64.2 cm³/mol. The van der Waals surface area contributed by atoms with Crippen molar-refractivity contribution in [2.24, 2.45) is 0 Å². The molecule has 1 aromatic heterocycles. The van der Waals surface area contributed by atoms with E-state index < -0.39 is 0 Å². The van der Waals surface area contributed by atoms with Crippen LogP contribution in [0.25, 0.3) is 0 Å². The quantitative estimate of drug-likeness (QED) is 0.775. The Kier molecular flexibility index (Phi) is 2.81. The maximum atomic E-state index is 5.88. The first-order valence-corrected chi connectivity index (χ1v) is 5.17. The van der Waals surface area contributed by atoms with Gasteiger partial charge in [0.15, 0.2) is 0 Å². The molecular formula is C12H15N3O. The Morgan fingerprint density at radius 2 is 2.12 bits per heavy atom. The minimum absolute atomic E-state index is 0.616. The van der Waals surface area contributed by atoms with E-state index in [-0.39, 0.29) is 0 Å². The Labute approximate surface area is 94.4 Å². The third kappa shape index (κ3) is 2.34. The first-order chi connectivity index (χ1) is 7.65. The molecule has 0 aliphatic rings. The summed E-state index contributed by atoms with van der Waals surface area (Å²) in [6.45, 7) is 4.50. The Balaban J connectivity index is 2.04. The van der Waals surface area contributed by atoms with Gasteiger partial charge in [0, 0.05) is 6.07 Å². The summed E-state index contributed by atoms with van der Waals surface area (Å²) >= 11 is 0. The van der Waals surface area contributed by atoms with Crippen LogP contribution >= 0.6 is 0 Å². The molecule has 0 atom stereocenters. The van der Waals surface area contributed by atoms with Gasteiger partial charge in [0.05, 0.1) is 17.9 Å². The van der Waals surface area contributed by atoms with Crippen LogP contribution in [0, 0.1) is 13.8 Å². The summed E-state index contributed by atoms with van der Waals surface area (Å²) < 4.78 is 4.98. The molecule has 84 valence electrons. The van der Waals surface area contributed by atoms with Crippen LogP contribution in [0.5, 0.6) is 0 Å². The van der Waals surface area contributed by atoms with Gasteiger partial charge >= 0.3 is 0 Å². The van der Waals surface area contributed by atoms with Crippen molar-refractivity contribution in [1.82, 2.24) is 5.16 Å². The van der Waals surface area contributed by atoms with Crippen molar-refractivity contribution < 1.29 is 4.52 Å². The molecule has 1 heterocycles. The number of hydrogen-bond donors (Lipinski definition) is 2. The molecule has 0 aliphatic heterocycles. The van der Waals surface area contributed by atoms with Gasteiger partial charge in [-0.05, 0) is 31.5 Å². The highest BCUT2D eigenvalue weighted by atomic mass is 16.5. The fraction of sp³-hybridized carbons (Fsp3) is 0.250. The number of hydrogen-bond acceptors (Lipinski definition) is 4. The molecule has 2 aromatic rings. The molecule has 0 unspecified atom stereocenters. The maximum Gasteiger partial charge on any atom is 0.133 e. The first kappa shape index (κ1) is 10.5. The molecule has 0 saturated carbocycles. The Morgan fingerprint density at radius 3 is 2.75 bits per heavy atom. The second-order valence-electron chi connectivity index (χ2n) is 3.87. The van der Waals surface area contributed by atoms with Gasteiger partial charge in [0.1, 0.15) is 11.5 Å². The number of nitrogen functional groups attached to an aromatic ring is 1. The van der Waals surface area contributed by atoms with Gasteiger partial charge in [-0.3, -0.25) is 0 Å². The van der Waals surface area contributed by atoms with Gasteiger partial charge in [-0.1, -0.05) is 11.2 Å². The van der Waals surface area contributed by atoms with E-state index in [9.17, 15) is 0 Å². The van der Waals surface area contributed by atoms with Crippen molar-refractivity contribution in [2.75, 3.05) is 11.1 Å². The molecule has 0 bridgehead atoms. The SMILES string of the molecule is Cc1ccc(NCc2cc(C)on2)c(N)c1. The lowest BCUT2D eigenvalue weighted by Crippen LogP contribution is -2.02. The van der Waals surface area contributed by atoms with E-state index in [0.717, 1.165) is 28.4 Å². The molecular weight excluding hydrogens is 202 g/mol. The summed E-state index contributed by atoms with van der Waals surface area (Å²) in [6.07, 6.45) is 0. The van der Waals surface area contributed by atoms with Crippen LogP contribution in [-0.4, -0.2) is 5.16 Å². The van der Waals surface area contributed by atoms with Crippen LogP contribution < -0.4 is 11.1 Å². The minimum atomic E-state index is 0.616. The molecule has 1 aromatic carbocycles. The molecule has 3 N–H and O–H groups in total. The smallest absolute Gasteiger partial charge is 0.133 e. The van der Waals surface area contributed by atoms with Crippen LogP contribution in [-0.2, 0) is 6.54 Å². The third-order valence-electron chi connectivity index (χ3n) is 2.34. The zero-order valence-electron chi connectivity index (χ0n) is 9.45. The van der Waals surface area contributed by atoms with Crippen LogP contribution in [0.15, 0.2) is 28.8 Å². The third-order valence-corrected chi connectivity index (χ3v) is 2.34. The summed E-state index contributed by atoms with van der Waals surface area (Å²) in [4.78, 5) is 0. The van der Waals surface area contributed by atoms with Crippen molar-refractivity contribution in [1.29, 1.82) is 0 Å². The van der Waals surface area contributed by atoms with Crippen molar-refractivity contribution in [3.8, 4) is 0 Å². The Hall–Kier alpha value is -1.97. The normalized spacial score (nSPS) is 10.4. The summed E-state index contributed by atoms with van der Waals surface area (Å²) in [5.74, 6) is 0.814. The number of rotatable bonds is 3. The van der Waals surface area contributed by atoms with E-state index in [4.69, 9.17) is 10.3 Å². The van der Waals surface area contributed by atoms with Crippen LogP contribution in [0.3, 0.4) is 0 Å². The molecule has 0 saturated heterocycles. The fourth-order valence-corrected chi connectivity index (χ4v) is 1.53. The van der Waals surface area contributed by atoms with Gasteiger partial charge in [0.2, 0.25) is 0 Å². The lowest BCUT2D eigenvalue weighted by Gasteiger charge is -2.08. The number of aromatic nitrogens is 1. The molecule has 4 nitrogen and oxygen atoms in total. The summed E-state index contributed by atoms with van der Waals surface area (Å²) in [7, 11) is 0. The lowest BCUT2D eigenvalue weighted by molar-refractivity contribution is 0.391. The van der Waals surface area contributed by atoms with Gasteiger partial charge in [-0.2, -0.15) is 0 Å². The molecule has 0 spiro atoms. The summed E-state index contributed by atoms with van der Waals surface area (Å²) in [5.41, 5.74) is 9.58. The summed E-state index contributed by atoms with van der Waals surface area (Å²) in [6, 6.07) is 7.83. The molecule has 0 radical (unpaired) electrons. The van der Waals surface area contributed by atoms with Crippen molar-refractivity contribution in [3.63, 3.8) is 0 Å². The van der Waals surface area contributed by atoms with Crippen molar-refractivity contribution in [3.05, 3.63) is 41.3 Å². The van der Waals surface area contributed by atoms with Crippen LogP contribution in [0.4, 0.5) is 11.4 Å². The van der Waals surface area contributed by atoms with Gasteiger partial charge < -0.3 is 15.6 Å². The fourth-order valence-electron chi connectivity index (χ4n) is 1.53. The van der Waals surface area contributed by atoms with Crippen molar-refractivity contribution in [2.45, 2.75) is 20.4 Å². The largest absolute Gasteiger partial charge is 0.397 e. The van der Waals surface area contributed by atoms with E-state index in [1.807, 2.05) is 38.1 Å². The van der Waals surface area contributed by atoms with Gasteiger partial charge in [-0.15, -0.1) is 0 Å². The number of nitrogens with zero attached hydrogens (tertiary/aromatic N) is 1. The number of nitrogens with one attached hydrogen (secondary N) is 1. The van der Waals surface area contributed by atoms with E-state index in [2.05, 4.69) is 10.5 Å². The highest BCUT2D eigenvalue weighted by Gasteiger charge is 2.02. The average Bonchev–Trinajstić information content (AvgIpc) is 2.63. The number of anilines is 2. The molecule has 0 fully saturated rings.